The molecule has 1 amide bonds. The fraction of sp³-hybridized carbons (Fsp3) is 0.448. The quantitative estimate of drug-likeness (QED) is 0.419. The lowest BCUT2D eigenvalue weighted by atomic mass is 9.58. The summed E-state index contributed by atoms with van der Waals surface area (Å²) in [6.45, 7) is 7.60. The van der Waals surface area contributed by atoms with E-state index in [0.29, 0.717) is 17.5 Å². The molecule has 1 N–H and O–H groups in total. The minimum absolute atomic E-state index is 0.174. The predicted octanol–water partition coefficient (Wildman–Crippen LogP) is 4.66. The van der Waals surface area contributed by atoms with Gasteiger partial charge in [-0.25, -0.2) is 4.52 Å². The van der Waals surface area contributed by atoms with Gasteiger partial charge < -0.3 is 9.88 Å². The van der Waals surface area contributed by atoms with Gasteiger partial charge in [0, 0.05) is 32.0 Å². The van der Waals surface area contributed by atoms with Crippen molar-refractivity contribution in [1.29, 1.82) is 0 Å². The van der Waals surface area contributed by atoms with Crippen molar-refractivity contribution in [2.24, 2.45) is 18.9 Å². The van der Waals surface area contributed by atoms with Crippen LogP contribution in [0.25, 0.3) is 5.52 Å². The minimum atomic E-state index is -0.198. The number of hydrogen-bond acceptors (Lipinski definition) is 5. The highest BCUT2D eigenvalue weighted by molar-refractivity contribution is 6.03. The topological polar surface area (TPSA) is 80.3 Å². The molecule has 0 bridgehead atoms. The van der Waals surface area contributed by atoms with Crippen molar-refractivity contribution in [1.82, 2.24) is 29.3 Å². The second-order valence-electron chi connectivity index (χ2n) is 11.3. The molecule has 1 atom stereocenters. The molecule has 192 valence electrons. The summed E-state index contributed by atoms with van der Waals surface area (Å²) in [7, 11) is 2.00. The molecule has 4 aromatic rings. The van der Waals surface area contributed by atoms with E-state index in [9.17, 15) is 4.79 Å². The first kappa shape index (κ1) is 23.9. The van der Waals surface area contributed by atoms with Crippen LogP contribution in [0, 0.1) is 11.8 Å². The summed E-state index contributed by atoms with van der Waals surface area (Å²) in [4.78, 5) is 15.9. The van der Waals surface area contributed by atoms with Crippen LogP contribution in [0.4, 0.5) is 5.69 Å². The van der Waals surface area contributed by atoms with Crippen LogP contribution >= 0.6 is 0 Å². The second kappa shape index (κ2) is 9.41. The maximum Gasteiger partial charge on any atom is 0.276 e. The van der Waals surface area contributed by atoms with Gasteiger partial charge in [-0.2, -0.15) is 5.10 Å². The van der Waals surface area contributed by atoms with Gasteiger partial charge in [0.2, 0.25) is 0 Å². The number of amides is 1. The molecule has 1 aliphatic heterocycles. The van der Waals surface area contributed by atoms with E-state index in [0.717, 1.165) is 60.6 Å². The molecule has 8 heteroatoms. The highest BCUT2D eigenvalue weighted by Crippen LogP contribution is 2.51. The van der Waals surface area contributed by atoms with Gasteiger partial charge >= 0.3 is 0 Å². The van der Waals surface area contributed by atoms with Crippen molar-refractivity contribution in [2.75, 3.05) is 18.4 Å². The molecule has 8 nitrogen and oxygen atoms in total. The molecule has 0 radical (unpaired) electrons. The van der Waals surface area contributed by atoms with Gasteiger partial charge in [0.25, 0.3) is 5.91 Å². The molecule has 1 saturated heterocycles. The number of piperidine rings is 1. The maximum atomic E-state index is 13.4. The molecule has 3 aromatic heterocycles. The second-order valence-corrected chi connectivity index (χ2v) is 11.3. The van der Waals surface area contributed by atoms with Gasteiger partial charge in [-0.15, -0.1) is 10.2 Å². The zero-order valence-electron chi connectivity index (χ0n) is 21.9. The summed E-state index contributed by atoms with van der Waals surface area (Å²) in [5.74, 6) is 2.10. The zero-order valence-corrected chi connectivity index (χ0v) is 21.9. The van der Waals surface area contributed by atoms with E-state index in [2.05, 4.69) is 57.6 Å². The van der Waals surface area contributed by atoms with Gasteiger partial charge in [0.15, 0.2) is 0 Å². The number of aryl methyl sites for hydroxylation is 1. The number of rotatable bonds is 6. The van der Waals surface area contributed by atoms with Crippen LogP contribution in [0.5, 0.6) is 0 Å². The Balaban J connectivity index is 1.26. The van der Waals surface area contributed by atoms with Gasteiger partial charge in [0.1, 0.15) is 17.8 Å². The SMILES string of the molecule is CC1CC(c2cccc(NC(=O)c3cc(CN4CCC[C@H](C)C4)c4cccn4n3)c2)(c2nncn2C)C1. The molecule has 4 heterocycles. The van der Waals surface area contributed by atoms with E-state index in [1.165, 1.54) is 12.8 Å². The fourth-order valence-corrected chi connectivity index (χ4v) is 6.49. The molecule has 0 unspecified atom stereocenters. The number of nitrogens with zero attached hydrogens (tertiary/aromatic N) is 6. The Morgan fingerprint density at radius 2 is 2.00 bits per heavy atom. The summed E-state index contributed by atoms with van der Waals surface area (Å²) in [5.41, 5.74) is 4.37. The van der Waals surface area contributed by atoms with Crippen molar-refractivity contribution in [3.05, 3.63) is 77.6 Å². The Labute approximate surface area is 217 Å². The number of aromatic nitrogens is 5. The molecule has 2 aliphatic rings. The molecule has 2 fully saturated rings. The zero-order chi connectivity index (χ0) is 25.6. The number of benzene rings is 1. The molecular weight excluding hydrogens is 462 g/mol. The summed E-state index contributed by atoms with van der Waals surface area (Å²) in [6, 6.07) is 14.2. The van der Waals surface area contributed by atoms with Crippen molar-refractivity contribution in [3.63, 3.8) is 0 Å². The molecule has 1 saturated carbocycles. The molecule has 1 aliphatic carbocycles. The van der Waals surface area contributed by atoms with Gasteiger partial charge in [-0.05, 0) is 85.5 Å². The monoisotopic (exact) mass is 497 g/mol. The maximum absolute atomic E-state index is 13.4. The van der Waals surface area contributed by atoms with Gasteiger partial charge in [-0.3, -0.25) is 9.69 Å². The molecule has 0 spiro atoms. The summed E-state index contributed by atoms with van der Waals surface area (Å²) in [5, 5.41) is 16.3. The molecule has 37 heavy (non-hydrogen) atoms. The first-order valence-corrected chi connectivity index (χ1v) is 13.4. The van der Waals surface area contributed by atoms with E-state index >= 15 is 0 Å². The first-order valence-electron chi connectivity index (χ1n) is 13.4. The van der Waals surface area contributed by atoms with Gasteiger partial charge in [0.05, 0.1) is 10.9 Å². The summed E-state index contributed by atoms with van der Waals surface area (Å²) < 4.78 is 3.84. The van der Waals surface area contributed by atoms with E-state index in [-0.39, 0.29) is 11.3 Å². The minimum Gasteiger partial charge on any atom is -0.321 e. The summed E-state index contributed by atoms with van der Waals surface area (Å²) >= 11 is 0. The van der Waals surface area contributed by atoms with Crippen LogP contribution in [-0.2, 0) is 19.0 Å². The molecule has 6 rings (SSSR count). The number of likely N-dealkylation sites (tertiary alicyclic amines) is 1. The molecular formula is C29H35N7O. The number of nitrogens with one attached hydrogen (secondary N) is 1. The predicted molar refractivity (Wildman–Crippen MR) is 143 cm³/mol. The van der Waals surface area contributed by atoms with Crippen molar-refractivity contribution >= 4 is 17.1 Å². The van der Waals surface area contributed by atoms with Crippen molar-refractivity contribution in [2.45, 2.75) is 51.5 Å². The van der Waals surface area contributed by atoms with Crippen molar-refractivity contribution in [3.8, 4) is 0 Å². The number of hydrogen-bond donors (Lipinski definition) is 1. The van der Waals surface area contributed by atoms with E-state index in [4.69, 9.17) is 0 Å². The van der Waals surface area contributed by atoms with Crippen LogP contribution in [0.1, 0.15) is 67.0 Å². The Kier molecular flexibility index (Phi) is 6.07. The van der Waals surface area contributed by atoms with Crippen LogP contribution in [0.15, 0.2) is 55.0 Å². The highest BCUT2D eigenvalue weighted by atomic mass is 16.1. The van der Waals surface area contributed by atoms with Crippen LogP contribution in [-0.4, -0.2) is 48.3 Å². The normalized spacial score (nSPS) is 24.2. The lowest BCUT2D eigenvalue weighted by Crippen LogP contribution is -2.43. The number of carbonyl (C=O) groups excluding carboxylic acids is 1. The molecule has 1 aromatic carbocycles. The fourth-order valence-electron chi connectivity index (χ4n) is 6.49. The van der Waals surface area contributed by atoms with Crippen LogP contribution in [0.3, 0.4) is 0 Å². The Morgan fingerprint density at radius 3 is 2.76 bits per heavy atom. The average molecular weight is 498 g/mol. The smallest absolute Gasteiger partial charge is 0.276 e. The Hall–Kier alpha value is -3.52. The Morgan fingerprint density at radius 1 is 1.14 bits per heavy atom. The van der Waals surface area contributed by atoms with Crippen LogP contribution < -0.4 is 5.32 Å². The third kappa shape index (κ3) is 4.44. The largest absolute Gasteiger partial charge is 0.321 e. The van der Waals surface area contributed by atoms with E-state index < -0.39 is 0 Å². The van der Waals surface area contributed by atoms with Crippen molar-refractivity contribution < 1.29 is 4.79 Å². The number of anilines is 1. The summed E-state index contributed by atoms with van der Waals surface area (Å²) in [6.07, 6.45) is 8.22. The third-order valence-electron chi connectivity index (χ3n) is 8.16. The third-order valence-corrected chi connectivity index (χ3v) is 8.16. The lowest BCUT2D eigenvalue weighted by Gasteiger charge is -2.46. The van der Waals surface area contributed by atoms with Crippen LogP contribution in [0.2, 0.25) is 0 Å². The number of carbonyl (C=O) groups is 1. The highest BCUT2D eigenvalue weighted by Gasteiger charge is 2.48. The van der Waals surface area contributed by atoms with Gasteiger partial charge in [-0.1, -0.05) is 26.0 Å². The van der Waals surface area contributed by atoms with E-state index in [1.54, 1.807) is 6.33 Å². The Bertz CT molecular complexity index is 1430. The average Bonchev–Trinajstić information content (AvgIpc) is 3.51. The lowest BCUT2D eigenvalue weighted by molar-refractivity contribution is 0.102. The standard InChI is InChI=1S/C29H35N7O/c1-20-7-5-11-35(17-20)18-22-13-25(33-36-12-6-10-26(22)36)27(37)31-24-9-4-8-23(14-24)29(15-21(2)16-29)28-32-30-19-34(28)3/h4,6,8-10,12-14,19-21H,5,7,11,15-18H2,1-3H3,(H,31,37)/t20-,21?,29?/m0/s1. The number of fused-ring (bicyclic) bond motifs is 1. The van der Waals surface area contributed by atoms with E-state index in [1.807, 2.05) is 46.6 Å². The first-order chi connectivity index (χ1) is 17.9.